The van der Waals surface area contributed by atoms with Gasteiger partial charge in [0.2, 0.25) is 0 Å². The van der Waals surface area contributed by atoms with Gasteiger partial charge in [-0.25, -0.2) is 0 Å². The van der Waals surface area contributed by atoms with Crippen LogP contribution in [0.5, 0.6) is 5.75 Å². The number of rotatable bonds is 3. The van der Waals surface area contributed by atoms with E-state index >= 15 is 0 Å². The average molecular weight is 354 g/mol. The molecule has 2 aromatic rings. The van der Waals surface area contributed by atoms with Crippen LogP contribution in [0, 0.1) is 13.8 Å². The first kappa shape index (κ1) is 15.1. The summed E-state index contributed by atoms with van der Waals surface area (Å²) in [6.45, 7) is 3.88. The standard InChI is InChI=1S/C16H14BrClO2/c1-9-4-5-11(14(18)6-9)16(19)12-8-13(17)10(2)7-15(12)20-3/h4-8H,1-3H3. The van der Waals surface area contributed by atoms with Crippen molar-refractivity contribution in [3.05, 3.63) is 62.1 Å². The molecule has 2 nitrogen and oxygen atoms in total. The maximum absolute atomic E-state index is 12.6. The van der Waals surface area contributed by atoms with Gasteiger partial charge >= 0.3 is 0 Å². The zero-order valence-corrected chi connectivity index (χ0v) is 13.8. The second-order valence-electron chi connectivity index (χ2n) is 4.61. The van der Waals surface area contributed by atoms with E-state index in [1.165, 1.54) is 0 Å². The Morgan fingerprint density at radius 2 is 1.85 bits per heavy atom. The minimum Gasteiger partial charge on any atom is -0.496 e. The Morgan fingerprint density at radius 1 is 1.15 bits per heavy atom. The van der Waals surface area contributed by atoms with E-state index in [0.717, 1.165) is 15.6 Å². The summed E-state index contributed by atoms with van der Waals surface area (Å²) in [7, 11) is 1.55. The van der Waals surface area contributed by atoms with Gasteiger partial charge in [-0.1, -0.05) is 33.6 Å². The van der Waals surface area contributed by atoms with Crippen molar-refractivity contribution in [1.29, 1.82) is 0 Å². The molecule has 104 valence electrons. The lowest BCUT2D eigenvalue weighted by molar-refractivity contribution is 0.103. The monoisotopic (exact) mass is 352 g/mol. The first-order valence-electron chi connectivity index (χ1n) is 6.09. The topological polar surface area (TPSA) is 26.3 Å². The van der Waals surface area contributed by atoms with E-state index in [1.807, 2.05) is 26.0 Å². The molecule has 0 radical (unpaired) electrons. The fourth-order valence-electron chi connectivity index (χ4n) is 1.95. The molecule has 20 heavy (non-hydrogen) atoms. The molecule has 0 fully saturated rings. The number of hydrogen-bond donors (Lipinski definition) is 0. The van der Waals surface area contributed by atoms with Crippen molar-refractivity contribution in [3.8, 4) is 5.75 Å². The van der Waals surface area contributed by atoms with E-state index in [4.69, 9.17) is 16.3 Å². The molecular weight excluding hydrogens is 340 g/mol. The van der Waals surface area contributed by atoms with E-state index in [1.54, 1.807) is 25.3 Å². The zero-order valence-electron chi connectivity index (χ0n) is 11.5. The number of hydrogen-bond acceptors (Lipinski definition) is 2. The minimum absolute atomic E-state index is 0.146. The molecule has 0 aliphatic rings. The van der Waals surface area contributed by atoms with Gasteiger partial charge < -0.3 is 4.74 Å². The summed E-state index contributed by atoms with van der Waals surface area (Å²) < 4.78 is 6.17. The number of halogens is 2. The fraction of sp³-hybridized carbons (Fsp3) is 0.188. The highest BCUT2D eigenvalue weighted by Gasteiger charge is 2.18. The van der Waals surface area contributed by atoms with Gasteiger partial charge in [0.05, 0.1) is 17.7 Å². The third kappa shape index (κ3) is 2.89. The van der Waals surface area contributed by atoms with Crippen molar-refractivity contribution in [2.45, 2.75) is 13.8 Å². The van der Waals surface area contributed by atoms with E-state index in [0.29, 0.717) is 21.9 Å². The highest BCUT2D eigenvalue weighted by molar-refractivity contribution is 9.10. The molecule has 0 saturated heterocycles. The first-order valence-corrected chi connectivity index (χ1v) is 7.26. The smallest absolute Gasteiger partial charge is 0.198 e. The van der Waals surface area contributed by atoms with Gasteiger partial charge in [-0.2, -0.15) is 0 Å². The molecule has 4 heteroatoms. The van der Waals surface area contributed by atoms with Crippen LogP contribution in [0.3, 0.4) is 0 Å². The van der Waals surface area contributed by atoms with Gasteiger partial charge in [0.15, 0.2) is 5.78 Å². The molecule has 2 rings (SSSR count). The summed E-state index contributed by atoms with van der Waals surface area (Å²) in [5.41, 5.74) is 3.00. The predicted molar refractivity (Wildman–Crippen MR) is 85.1 cm³/mol. The van der Waals surface area contributed by atoms with Crippen molar-refractivity contribution >= 4 is 33.3 Å². The second-order valence-corrected chi connectivity index (χ2v) is 5.88. The summed E-state index contributed by atoms with van der Waals surface area (Å²) in [5, 5.41) is 0.453. The molecule has 0 atom stereocenters. The normalized spacial score (nSPS) is 10.4. The van der Waals surface area contributed by atoms with Crippen molar-refractivity contribution in [2.75, 3.05) is 7.11 Å². The highest BCUT2D eigenvalue weighted by atomic mass is 79.9. The van der Waals surface area contributed by atoms with Crippen molar-refractivity contribution < 1.29 is 9.53 Å². The van der Waals surface area contributed by atoms with Crippen LogP contribution >= 0.6 is 27.5 Å². The van der Waals surface area contributed by atoms with Crippen LogP contribution in [0.25, 0.3) is 0 Å². The van der Waals surface area contributed by atoms with E-state index < -0.39 is 0 Å². The van der Waals surface area contributed by atoms with Gasteiger partial charge in [-0.15, -0.1) is 0 Å². The molecule has 0 heterocycles. The van der Waals surface area contributed by atoms with Crippen LogP contribution in [0.15, 0.2) is 34.8 Å². The number of aryl methyl sites for hydroxylation is 2. The number of ether oxygens (including phenoxy) is 1. The van der Waals surface area contributed by atoms with Crippen LogP contribution in [0.2, 0.25) is 5.02 Å². The summed E-state index contributed by atoms with van der Waals surface area (Å²) in [6, 6.07) is 9.00. The third-order valence-corrected chi connectivity index (χ3v) is 4.26. The molecule has 0 unspecified atom stereocenters. The van der Waals surface area contributed by atoms with Gasteiger partial charge in [0.25, 0.3) is 0 Å². The second kappa shape index (κ2) is 5.98. The Kier molecular flexibility index (Phi) is 4.51. The van der Waals surface area contributed by atoms with Gasteiger partial charge in [-0.05, 0) is 49.2 Å². The molecule has 0 aromatic heterocycles. The number of benzene rings is 2. The number of methoxy groups -OCH3 is 1. The summed E-state index contributed by atoms with van der Waals surface area (Å²) >= 11 is 9.61. The maximum atomic E-state index is 12.6. The summed E-state index contributed by atoms with van der Waals surface area (Å²) in [5.74, 6) is 0.403. The lowest BCUT2D eigenvalue weighted by Crippen LogP contribution is -2.05. The Labute approximate surface area is 131 Å². The quantitative estimate of drug-likeness (QED) is 0.729. The van der Waals surface area contributed by atoms with Crippen molar-refractivity contribution in [2.24, 2.45) is 0 Å². The van der Waals surface area contributed by atoms with Crippen LogP contribution in [-0.2, 0) is 0 Å². The van der Waals surface area contributed by atoms with E-state index in [9.17, 15) is 4.79 Å². The highest BCUT2D eigenvalue weighted by Crippen LogP contribution is 2.30. The Hall–Kier alpha value is -1.32. The molecule has 0 spiro atoms. The molecule has 0 aliphatic heterocycles. The van der Waals surface area contributed by atoms with Gasteiger partial charge in [0, 0.05) is 10.0 Å². The predicted octanol–water partition coefficient (Wildman–Crippen LogP) is 4.96. The lowest BCUT2D eigenvalue weighted by atomic mass is 10.00. The fourth-order valence-corrected chi connectivity index (χ4v) is 2.62. The van der Waals surface area contributed by atoms with Gasteiger partial charge in [-0.3, -0.25) is 4.79 Å². The zero-order chi connectivity index (χ0) is 14.9. The summed E-state index contributed by atoms with van der Waals surface area (Å²) in [4.78, 5) is 12.6. The SMILES string of the molecule is COc1cc(C)c(Br)cc1C(=O)c1ccc(C)cc1Cl. The molecule has 0 amide bonds. The minimum atomic E-state index is -0.146. The van der Waals surface area contributed by atoms with E-state index in [2.05, 4.69) is 15.9 Å². The molecule has 0 N–H and O–H groups in total. The van der Waals surface area contributed by atoms with Crippen LogP contribution in [-0.4, -0.2) is 12.9 Å². The van der Waals surface area contributed by atoms with E-state index in [-0.39, 0.29) is 5.78 Å². The molecule has 0 saturated carbocycles. The largest absolute Gasteiger partial charge is 0.496 e. The van der Waals surface area contributed by atoms with Crippen LogP contribution in [0.4, 0.5) is 0 Å². The molecule has 2 aromatic carbocycles. The Morgan fingerprint density at radius 3 is 2.45 bits per heavy atom. The Balaban J connectivity index is 2.55. The molecular formula is C16H14BrClO2. The average Bonchev–Trinajstić information content (AvgIpc) is 2.40. The number of carbonyl (C=O) groups excluding carboxylic acids is 1. The maximum Gasteiger partial charge on any atom is 0.198 e. The van der Waals surface area contributed by atoms with Crippen molar-refractivity contribution in [3.63, 3.8) is 0 Å². The number of carbonyl (C=O) groups is 1. The Bertz CT molecular complexity index is 680. The van der Waals surface area contributed by atoms with Crippen LogP contribution in [0.1, 0.15) is 27.0 Å². The third-order valence-electron chi connectivity index (χ3n) is 3.09. The van der Waals surface area contributed by atoms with Crippen molar-refractivity contribution in [1.82, 2.24) is 0 Å². The van der Waals surface area contributed by atoms with Crippen LogP contribution < -0.4 is 4.74 Å². The number of ketones is 1. The summed E-state index contributed by atoms with van der Waals surface area (Å²) in [6.07, 6.45) is 0. The van der Waals surface area contributed by atoms with Gasteiger partial charge in [0.1, 0.15) is 5.75 Å². The molecule has 0 bridgehead atoms. The first-order chi connectivity index (χ1) is 9.43. The lowest BCUT2D eigenvalue weighted by Gasteiger charge is -2.11. The molecule has 0 aliphatic carbocycles.